The number of nitro groups is 1. The van der Waals surface area contributed by atoms with Crippen LogP contribution in [0.3, 0.4) is 0 Å². The van der Waals surface area contributed by atoms with E-state index < -0.39 is 11.0 Å². The molecule has 0 unspecified atom stereocenters. The Labute approximate surface area is 130 Å². The van der Waals surface area contributed by atoms with Crippen LogP contribution in [0.15, 0.2) is 40.9 Å². The van der Waals surface area contributed by atoms with Gasteiger partial charge < -0.3 is 9.84 Å². The predicted octanol–water partition coefficient (Wildman–Crippen LogP) is 4.51. The van der Waals surface area contributed by atoms with Crippen LogP contribution in [-0.2, 0) is 0 Å². The lowest BCUT2D eigenvalue weighted by molar-refractivity contribution is -0.385. The van der Waals surface area contributed by atoms with E-state index in [9.17, 15) is 15.2 Å². The third kappa shape index (κ3) is 3.59. The zero-order valence-electron chi connectivity index (χ0n) is 11.5. The summed E-state index contributed by atoms with van der Waals surface area (Å²) in [4.78, 5) is 10.6. The maximum Gasteiger partial charge on any atom is 0.311 e. The molecule has 0 spiro atoms. The first-order valence-electron chi connectivity index (χ1n) is 6.29. The smallest absolute Gasteiger partial charge is 0.311 e. The number of nitrogens with zero attached hydrogens (tertiary/aromatic N) is 1. The number of halogens is 1. The lowest BCUT2D eigenvalue weighted by Gasteiger charge is -2.11. The average molecular weight is 352 g/mol. The van der Waals surface area contributed by atoms with Gasteiger partial charge in [-0.3, -0.25) is 10.1 Å². The Kier molecular flexibility index (Phi) is 4.59. The molecule has 0 fully saturated rings. The fourth-order valence-electron chi connectivity index (χ4n) is 1.89. The first-order chi connectivity index (χ1) is 9.88. The van der Waals surface area contributed by atoms with E-state index in [0.29, 0.717) is 10.2 Å². The van der Waals surface area contributed by atoms with Gasteiger partial charge in [-0.25, -0.2) is 0 Å². The highest BCUT2D eigenvalue weighted by molar-refractivity contribution is 9.10. The quantitative estimate of drug-likeness (QED) is 0.649. The van der Waals surface area contributed by atoms with Gasteiger partial charge in [0, 0.05) is 10.5 Å². The number of rotatable bonds is 4. The van der Waals surface area contributed by atoms with Crippen LogP contribution in [0.2, 0.25) is 0 Å². The Morgan fingerprint density at radius 3 is 2.57 bits per heavy atom. The van der Waals surface area contributed by atoms with E-state index in [1.165, 1.54) is 6.07 Å². The van der Waals surface area contributed by atoms with Gasteiger partial charge in [0.05, 0.1) is 11.0 Å². The van der Waals surface area contributed by atoms with Crippen LogP contribution in [0.25, 0.3) is 0 Å². The van der Waals surface area contributed by atoms with Crippen molar-refractivity contribution in [3.05, 3.63) is 62.1 Å². The highest BCUT2D eigenvalue weighted by Crippen LogP contribution is 2.34. The van der Waals surface area contributed by atoms with Gasteiger partial charge in [-0.05, 0) is 43.2 Å². The van der Waals surface area contributed by atoms with E-state index in [1.807, 2.05) is 0 Å². The molecule has 0 aromatic heterocycles. The van der Waals surface area contributed by atoms with Crippen molar-refractivity contribution in [2.24, 2.45) is 0 Å². The van der Waals surface area contributed by atoms with Gasteiger partial charge in [-0.2, -0.15) is 0 Å². The Morgan fingerprint density at radius 2 is 2.00 bits per heavy atom. The van der Waals surface area contributed by atoms with Crippen molar-refractivity contribution in [2.45, 2.75) is 20.0 Å². The van der Waals surface area contributed by atoms with Crippen molar-refractivity contribution in [3.8, 4) is 11.5 Å². The SMILES string of the molecule is Cc1ccc(Oc2ccc([C@@H](C)O)c(Br)c2)c([N+](=O)[O-])c1. The number of hydrogen-bond donors (Lipinski definition) is 1. The highest BCUT2D eigenvalue weighted by Gasteiger charge is 2.16. The second-order valence-electron chi connectivity index (χ2n) is 4.69. The van der Waals surface area contributed by atoms with Crippen LogP contribution in [0.4, 0.5) is 5.69 Å². The first-order valence-corrected chi connectivity index (χ1v) is 7.08. The highest BCUT2D eigenvalue weighted by atomic mass is 79.9. The van der Waals surface area contributed by atoms with E-state index in [4.69, 9.17) is 4.74 Å². The van der Waals surface area contributed by atoms with Gasteiger partial charge in [-0.15, -0.1) is 0 Å². The zero-order valence-corrected chi connectivity index (χ0v) is 13.1. The third-order valence-corrected chi connectivity index (χ3v) is 3.65. The lowest BCUT2D eigenvalue weighted by atomic mass is 10.1. The van der Waals surface area contributed by atoms with E-state index in [2.05, 4.69) is 15.9 Å². The Balaban J connectivity index is 2.35. The molecule has 0 amide bonds. The van der Waals surface area contributed by atoms with Crippen LogP contribution >= 0.6 is 15.9 Å². The van der Waals surface area contributed by atoms with E-state index in [0.717, 1.165) is 11.1 Å². The van der Waals surface area contributed by atoms with Crippen molar-refractivity contribution in [3.63, 3.8) is 0 Å². The normalized spacial score (nSPS) is 12.0. The summed E-state index contributed by atoms with van der Waals surface area (Å²) in [6, 6.07) is 9.84. The van der Waals surface area contributed by atoms with Gasteiger partial charge in [-0.1, -0.05) is 28.1 Å². The number of aryl methyl sites for hydroxylation is 1. The lowest BCUT2D eigenvalue weighted by Crippen LogP contribution is -1.96. The molecule has 0 saturated heterocycles. The fraction of sp³-hybridized carbons (Fsp3) is 0.200. The molecule has 0 heterocycles. The summed E-state index contributed by atoms with van der Waals surface area (Å²) in [6.45, 7) is 3.44. The molecule has 21 heavy (non-hydrogen) atoms. The molecular weight excluding hydrogens is 338 g/mol. The molecule has 1 atom stereocenters. The zero-order chi connectivity index (χ0) is 15.6. The Morgan fingerprint density at radius 1 is 1.29 bits per heavy atom. The van der Waals surface area contributed by atoms with E-state index >= 15 is 0 Å². The van der Waals surface area contributed by atoms with Crippen LogP contribution < -0.4 is 4.74 Å². The maximum atomic E-state index is 11.1. The summed E-state index contributed by atoms with van der Waals surface area (Å²) in [5.74, 6) is 0.639. The van der Waals surface area contributed by atoms with Crippen LogP contribution in [-0.4, -0.2) is 10.0 Å². The number of nitro benzene ring substituents is 1. The number of ether oxygens (including phenoxy) is 1. The molecule has 0 aliphatic rings. The Bertz CT molecular complexity index is 685. The second kappa shape index (κ2) is 6.24. The monoisotopic (exact) mass is 351 g/mol. The molecule has 1 N–H and O–H groups in total. The van der Waals surface area contributed by atoms with E-state index in [-0.39, 0.29) is 11.4 Å². The molecular formula is C15H14BrNO4. The summed E-state index contributed by atoms with van der Waals surface area (Å²) in [7, 11) is 0. The summed E-state index contributed by atoms with van der Waals surface area (Å²) < 4.78 is 6.27. The first kappa shape index (κ1) is 15.5. The van der Waals surface area contributed by atoms with Crippen molar-refractivity contribution in [1.29, 1.82) is 0 Å². The molecule has 0 radical (unpaired) electrons. The summed E-state index contributed by atoms with van der Waals surface area (Å²) in [6.07, 6.45) is -0.609. The van der Waals surface area contributed by atoms with Crippen molar-refractivity contribution >= 4 is 21.6 Å². The average Bonchev–Trinajstić information content (AvgIpc) is 2.40. The third-order valence-electron chi connectivity index (χ3n) is 2.96. The summed E-state index contributed by atoms with van der Waals surface area (Å²) in [5.41, 5.74) is 1.44. The number of aliphatic hydroxyl groups is 1. The number of hydrogen-bond acceptors (Lipinski definition) is 4. The molecule has 5 nitrogen and oxygen atoms in total. The minimum atomic E-state index is -0.609. The molecule has 6 heteroatoms. The molecule has 0 aliphatic heterocycles. The van der Waals surface area contributed by atoms with E-state index in [1.54, 1.807) is 44.2 Å². The van der Waals surface area contributed by atoms with Crippen LogP contribution in [0.5, 0.6) is 11.5 Å². The van der Waals surface area contributed by atoms with Crippen molar-refractivity contribution < 1.29 is 14.8 Å². The largest absolute Gasteiger partial charge is 0.450 e. The van der Waals surface area contributed by atoms with Gasteiger partial charge in [0.25, 0.3) is 0 Å². The Hall–Kier alpha value is -1.92. The molecule has 2 aromatic carbocycles. The topological polar surface area (TPSA) is 72.6 Å². The number of aliphatic hydroxyl groups excluding tert-OH is 1. The molecule has 2 rings (SSSR count). The molecule has 110 valence electrons. The molecule has 2 aromatic rings. The summed E-state index contributed by atoms with van der Waals surface area (Å²) >= 11 is 3.35. The minimum Gasteiger partial charge on any atom is -0.450 e. The molecule has 0 bridgehead atoms. The van der Waals surface area contributed by atoms with Crippen molar-refractivity contribution in [1.82, 2.24) is 0 Å². The minimum absolute atomic E-state index is 0.0780. The maximum absolute atomic E-state index is 11.1. The van der Waals surface area contributed by atoms with Crippen LogP contribution in [0, 0.1) is 17.0 Å². The predicted molar refractivity (Wildman–Crippen MR) is 82.7 cm³/mol. The standard InChI is InChI=1S/C15H14BrNO4/c1-9-3-6-15(14(7-9)17(19)20)21-11-4-5-12(10(2)18)13(16)8-11/h3-8,10,18H,1-2H3/t10-/m1/s1. The van der Waals surface area contributed by atoms with Crippen LogP contribution in [0.1, 0.15) is 24.2 Å². The fourth-order valence-corrected chi connectivity index (χ4v) is 2.58. The second-order valence-corrected chi connectivity index (χ2v) is 5.54. The van der Waals surface area contributed by atoms with Crippen molar-refractivity contribution in [2.75, 3.05) is 0 Å². The van der Waals surface area contributed by atoms with Gasteiger partial charge in [0.1, 0.15) is 5.75 Å². The number of benzene rings is 2. The van der Waals surface area contributed by atoms with Gasteiger partial charge in [0.2, 0.25) is 5.75 Å². The van der Waals surface area contributed by atoms with Gasteiger partial charge in [0.15, 0.2) is 0 Å². The molecule has 0 aliphatic carbocycles. The summed E-state index contributed by atoms with van der Waals surface area (Å²) in [5, 5.41) is 20.6. The van der Waals surface area contributed by atoms with Gasteiger partial charge >= 0.3 is 5.69 Å². The molecule has 0 saturated carbocycles.